The lowest BCUT2D eigenvalue weighted by molar-refractivity contribution is 0.476. The number of guanidine groups is 1. The zero-order valence-electron chi connectivity index (χ0n) is 14.0. The molecule has 0 saturated heterocycles. The van der Waals surface area contributed by atoms with Gasteiger partial charge in [0.15, 0.2) is 5.96 Å². The molecule has 2 aromatic rings. The van der Waals surface area contributed by atoms with Gasteiger partial charge in [-0.05, 0) is 31.0 Å². The molecule has 0 spiro atoms. The summed E-state index contributed by atoms with van der Waals surface area (Å²) in [6.45, 7) is 6.41. The minimum Gasteiger partial charge on any atom is -0.357 e. The van der Waals surface area contributed by atoms with Crippen molar-refractivity contribution in [3.05, 3.63) is 65.5 Å². The number of nitrogens with one attached hydrogen (secondary N) is 1. The number of halogens is 1. The number of aromatic nitrogens is 1. The number of pyridine rings is 1. The van der Waals surface area contributed by atoms with E-state index in [0.29, 0.717) is 6.54 Å². The topological polar surface area (TPSA) is 40.5 Å². The second kappa shape index (κ2) is 10.2. The van der Waals surface area contributed by atoms with E-state index in [1.54, 1.807) is 0 Å². The minimum atomic E-state index is 0. The third-order valence-corrected chi connectivity index (χ3v) is 3.46. The molecule has 0 aliphatic rings. The number of hydrogen-bond donors (Lipinski definition) is 1. The summed E-state index contributed by atoms with van der Waals surface area (Å²) in [7, 11) is 2.06. The molecule has 0 radical (unpaired) electrons. The van der Waals surface area contributed by atoms with E-state index in [2.05, 4.69) is 66.4 Å². The average molecular weight is 424 g/mol. The highest BCUT2D eigenvalue weighted by molar-refractivity contribution is 14.0. The fourth-order valence-corrected chi connectivity index (χ4v) is 2.24. The summed E-state index contributed by atoms with van der Waals surface area (Å²) in [6.07, 6.45) is 1.82. The van der Waals surface area contributed by atoms with Crippen LogP contribution in [0.15, 0.2) is 53.7 Å². The fraction of sp³-hybridized carbons (Fsp3) is 0.333. The molecule has 5 heteroatoms. The Bertz CT molecular complexity index is 613. The fourth-order valence-electron chi connectivity index (χ4n) is 2.24. The van der Waals surface area contributed by atoms with Crippen molar-refractivity contribution < 1.29 is 0 Å². The van der Waals surface area contributed by atoms with Crippen LogP contribution in [0.4, 0.5) is 0 Å². The molecule has 1 N–H and O–H groups in total. The van der Waals surface area contributed by atoms with Gasteiger partial charge in [-0.1, -0.05) is 36.4 Å². The molecule has 1 heterocycles. The van der Waals surface area contributed by atoms with Crippen molar-refractivity contribution in [2.24, 2.45) is 4.99 Å². The summed E-state index contributed by atoms with van der Waals surface area (Å²) in [4.78, 5) is 11.2. The highest BCUT2D eigenvalue weighted by Gasteiger charge is 2.07. The monoisotopic (exact) mass is 424 g/mol. The van der Waals surface area contributed by atoms with E-state index < -0.39 is 0 Å². The van der Waals surface area contributed by atoms with Crippen LogP contribution in [0.25, 0.3) is 0 Å². The first-order valence-corrected chi connectivity index (χ1v) is 7.64. The van der Waals surface area contributed by atoms with E-state index >= 15 is 0 Å². The Morgan fingerprint density at radius 3 is 2.57 bits per heavy atom. The molecule has 4 nitrogen and oxygen atoms in total. The second-order valence-corrected chi connectivity index (χ2v) is 5.28. The summed E-state index contributed by atoms with van der Waals surface area (Å²) >= 11 is 0. The van der Waals surface area contributed by atoms with Gasteiger partial charge in [0.25, 0.3) is 0 Å². The van der Waals surface area contributed by atoms with Crippen molar-refractivity contribution in [3.63, 3.8) is 0 Å². The first kappa shape index (κ1) is 19.4. The van der Waals surface area contributed by atoms with Crippen LogP contribution >= 0.6 is 24.0 Å². The van der Waals surface area contributed by atoms with Gasteiger partial charge in [0, 0.05) is 26.3 Å². The Kier molecular flexibility index (Phi) is 8.61. The van der Waals surface area contributed by atoms with Crippen LogP contribution in [0, 0.1) is 6.92 Å². The van der Waals surface area contributed by atoms with Crippen LogP contribution in [0.3, 0.4) is 0 Å². The molecule has 0 aliphatic heterocycles. The molecule has 124 valence electrons. The summed E-state index contributed by atoms with van der Waals surface area (Å²) in [6, 6.07) is 14.4. The SMILES string of the molecule is CCNC(=NCc1ncccc1C)N(C)Cc1ccccc1.I. The van der Waals surface area contributed by atoms with Crippen LogP contribution in [-0.4, -0.2) is 29.4 Å². The Hall–Kier alpha value is -1.63. The molecule has 0 aliphatic carbocycles. The summed E-state index contributed by atoms with van der Waals surface area (Å²) in [5.41, 5.74) is 3.46. The van der Waals surface area contributed by atoms with Crippen molar-refractivity contribution in [3.8, 4) is 0 Å². The maximum absolute atomic E-state index is 4.71. The molecule has 2 rings (SSSR count). The average Bonchev–Trinajstić information content (AvgIpc) is 2.53. The normalized spacial score (nSPS) is 10.8. The van der Waals surface area contributed by atoms with Gasteiger partial charge < -0.3 is 10.2 Å². The van der Waals surface area contributed by atoms with Crippen LogP contribution in [0.1, 0.15) is 23.7 Å². The minimum absolute atomic E-state index is 0. The molecule has 1 aromatic carbocycles. The van der Waals surface area contributed by atoms with Crippen molar-refractivity contribution in [2.45, 2.75) is 26.9 Å². The lowest BCUT2D eigenvalue weighted by Gasteiger charge is -2.22. The number of aliphatic imine (C=N–C) groups is 1. The summed E-state index contributed by atoms with van der Waals surface area (Å²) < 4.78 is 0. The molecule has 0 atom stereocenters. The van der Waals surface area contributed by atoms with Crippen LogP contribution in [0.2, 0.25) is 0 Å². The van der Waals surface area contributed by atoms with Gasteiger partial charge in [-0.2, -0.15) is 0 Å². The summed E-state index contributed by atoms with van der Waals surface area (Å²) in [5.74, 6) is 0.899. The van der Waals surface area contributed by atoms with Gasteiger partial charge in [0.2, 0.25) is 0 Å². The van der Waals surface area contributed by atoms with Gasteiger partial charge in [0.05, 0.1) is 12.2 Å². The number of rotatable bonds is 5. The maximum atomic E-state index is 4.71. The lowest BCUT2D eigenvalue weighted by Crippen LogP contribution is -2.38. The van der Waals surface area contributed by atoms with Gasteiger partial charge in [-0.3, -0.25) is 4.98 Å². The third kappa shape index (κ3) is 6.17. The van der Waals surface area contributed by atoms with Crippen molar-refractivity contribution >= 4 is 29.9 Å². The van der Waals surface area contributed by atoms with Crippen molar-refractivity contribution in [1.82, 2.24) is 15.2 Å². The molecule has 0 amide bonds. The van der Waals surface area contributed by atoms with E-state index in [-0.39, 0.29) is 24.0 Å². The van der Waals surface area contributed by atoms with Gasteiger partial charge >= 0.3 is 0 Å². The number of nitrogens with zero attached hydrogens (tertiary/aromatic N) is 3. The van der Waals surface area contributed by atoms with E-state index in [4.69, 9.17) is 4.99 Å². The highest BCUT2D eigenvalue weighted by Crippen LogP contribution is 2.06. The van der Waals surface area contributed by atoms with Crippen molar-refractivity contribution in [1.29, 1.82) is 0 Å². The molecule has 0 unspecified atom stereocenters. The third-order valence-electron chi connectivity index (χ3n) is 3.46. The maximum Gasteiger partial charge on any atom is 0.194 e. The zero-order valence-corrected chi connectivity index (χ0v) is 16.3. The van der Waals surface area contributed by atoms with Crippen LogP contribution < -0.4 is 5.32 Å². The number of hydrogen-bond acceptors (Lipinski definition) is 2. The van der Waals surface area contributed by atoms with E-state index in [0.717, 1.165) is 24.7 Å². The zero-order chi connectivity index (χ0) is 15.8. The van der Waals surface area contributed by atoms with E-state index in [1.807, 2.05) is 18.3 Å². The first-order valence-electron chi connectivity index (χ1n) is 7.64. The molecule has 0 fully saturated rings. The smallest absolute Gasteiger partial charge is 0.194 e. The molecular formula is C18H25IN4. The molecule has 1 aromatic heterocycles. The molecule has 23 heavy (non-hydrogen) atoms. The van der Waals surface area contributed by atoms with Crippen LogP contribution in [0.5, 0.6) is 0 Å². The van der Waals surface area contributed by atoms with E-state index in [9.17, 15) is 0 Å². The Morgan fingerprint density at radius 1 is 1.17 bits per heavy atom. The molecule has 0 saturated carbocycles. The number of aryl methyl sites for hydroxylation is 1. The first-order chi connectivity index (χ1) is 10.7. The van der Waals surface area contributed by atoms with E-state index in [1.165, 1.54) is 11.1 Å². The summed E-state index contributed by atoms with van der Waals surface area (Å²) in [5, 5.41) is 3.34. The largest absolute Gasteiger partial charge is 0.357 e. The predicted molar refractivity (Wildman–Crippen MR) is 107 cm³/mol. The quantitative estimate of drug-likeness (QED) is 0.453. The second-order valence-electron chi connectivity index (χ2n) is 5.28. The Labute approximate surface area is 156 Å². The van der Waals surface area contributed by atoms with Gasteiger partial charge in [-0.15, -0.1) is 24.0 Å². The Morgan fingerprint density at radius 2 is 1.91 bits per heavy atom. The predicted octanol–water partition coefficient (Wildman–Crippen LogP) is 3.61. The highest BCUT2D eigenvalue weighted by atomic mass is 127. The van der Waals surface area contributed by atoms with Crippen molar-refractivity contribution in [2.75, 3.05) is 13.6 Å². The van der Waals surface area contributed by atoms with Crippen LogP contribution in [-0.2, 0) is 13.1 Å². The lowest BCUT2D eigenvalue weighted by atomic mass is 10.2. The Balaban J connectivity index is 0.00000264. The molecule has 0 bridgehead atoms. The van der Waals surface area contributed by atoms with Gasteiger partial charge in [0.1, 0.15) is 0 Å². The molecular weight excluding hydrogens is 399 g/mol. The van der Waals surface area contributed by atoms with Gasteiger partial charge in [-0.25, -0.2) is 4.99 Å². The number of benzene rings is 1. The standard InChI is InChI=1S/C18H24N4.HI/c1-4-19-18(21-13-17-15(2)9-8-12-20-17)22(3)14-16-10-6-5-7-11-16;/h5-12H,4,13-14H2,1-3H3,(H,19,21);1H.